The predicted octanol–water partition coefficient (Wildman–Crippen LogP) is 2.46. The van der Waals surface area contributed by atoms with Gasteiger partial charge in [0.25, 0.3) is 0 Å². The van der Waals surface area contributed by atoms with Gasteiger partial charge < -0.3 is 15.3 Å². The van der Waals surface area contributed by atoms with Gasteiger partial charge in [-0.05, 0) is 38.0 Å². The van der Waals surface area contributed by atoms with E-state index in [9.17, 15) is 14.7 Å². The van der Waals surface area contributed by atoms with Gasteiger partial charge in [0.05, 0.1) is 0 Å². The largest absolute Gasteiger partial charge is 0.480 e. The summed E-state index contributed by atoms with van der Waals surface area (Å²) >= 11 is 0. The summed E-state index contributed by atoms with van der Waals surface area (Å²) in [6.45, 7) is 7.22. The third-order valence-electron chi connectivity index (χ3n) is 4.27. The quantitative estimate of drug-likeness (QED) is 0.824. The highest BCUT2D eigenvalue weighted by atomic mass is 16.4. The first-order valence-electron chi connectivity index (χ1n) is 7.25. The molecule has 1 heterocycles. The number of carbonyl (C=O) groups is 2. The maximum absolute atomic E-state index is 12.2. The molecule has 1 atom stereocenters. The average Bonchev–Trinajstić information content (AvgIpc) is 2.60. The van der Waals surface area contributed by atoms with Gasteiger partial charge in [-0.25, -0.2) is 9.59 Å². The Hall–Kier alpha value is -1.26. The van der Waals surface area contributed by atoms with Crippen LogP contribution in [0.5, 0.6) is 0 Å². The molecule has 0 radical (unpaired) electrons. The van der Waals surface area contributed by atoms with E-state index in [0.717, 1.165) is 32.4 Å². The van der Waals surface area contributed by atoms with Gasteiger partial charge in [-0.1, -0.05) is 20.8 Å². The number of amides is 2. The smallest absolute Gasteiger partial charge is 0.329 e. The fourth-order valence-electron chi connectivity index (χ4n) is 2.53. The van der Waals surface area contributed by atoms with Gasteiger partial charge in [0, 0.05) is 13.1 Å². The zero-order valence-corrected chi connectivity index (χ0v) is 12.2. The molecule has 5 nitrogen and oxygen atoms in total. The molecule has 1 saturated heterocycles. The maximum Gasteiger partial charge on any atom is 0.329 e. The summed E-state index contributed by atoms with van der Waals surface area (Å²) in [5.74, 6) is -0.312. The minimum Gasteiger partial charge on any atom is -0.480 e. The van der Waals surface area contributed by atoms with Crippen molar-refractivity contribution in [1.29, 1.82) is 0 Å². The molecule has 0 aromatic heterocycles. The number of nitrogens with one attached hydrogen (secondary N) is 1. The third-order valence-corrected chi connectivity index (χ3v) is 4.27. The molecule has 110 valence electrons. The molecule has 1 aliphatic heterocycles. The van der Waals surface area contributed by atoms with Crippen LogP contribution in [-0.2, 0) is 4.79 Å². The van der Waals surface area contributed by atoms with E-state index in [1.54, 1.807) is 18.7 Å². The Morgan fingerprint density at radius 3 is 2.42 bits per heavy atom. The summed E-state index contributed by atoms with van der Waals surface area (Å²) < 4.78 is 0. The number of aliphatic carboxylic acids is 1. The molecule has 0 aromatic carbocycles. The third kappa shape index (κ3) is 3.85. The second kappa shape index (κ2) is 6.78. The molecule has 0 bridgehead atoms. The second-order valence-electron chi connectivity index (χ2n) is 5.55. The lowest BCUT2D eigenvalue weighted by molar-refractivity contribution is -0.144. The molecular formula is C14H26N2O3. The van der Waals surface area contributed by atoms with Crippen molar-refractivity contribution in [3.8, 4) is 0 Å². The monoisotopic (exact) mass is 270 g/mol. The first-order valence-corrected chi connectivity index (χ1v) is 7.25. The fourth-order valence-corrected chi connectivity index (χ4v) is 2.53. The minimum atomic E-state index is -1.13. The fraction of sp³-hybridized carbons (Fsp3) is 0.857. The van der Waals surface area contributed by atoms with Crippen LogP contribution in [0.25, 0.3) is 0 Å². The molecule has 0 aromatic rings. The Morgan fingerprint density at radius 2 is 1.89 bits per heavy atom. The van der Waals surface area contributed by atoms with Crippen LogP contribution in [0.2, 0.25) is 0 Å². The van der Waals surface area contributed by atoms with Crippen molar-refractivity contribution < 1.29 is 14.7 Å². The average molecular weight is 270 g/mol. The van der Waals surface area contributed by atoms with Crippen molar-refractivity contribution in [2.45, 2.75) is 58.4 Å². The van der Waals surface area contributed by atoms with Crippen LogP contribution in [0.1, 0.15) is 52.9 Å². The lowest BCUT2D eigenvalue weighted by Crippen LogP contribution is -2.57. The molecule has 0 saturated carbocycles. The van der Waals surface area contributed by atoms with Gasteiger partial charge >= 0.3 is 12.0 Å². The molecular weight excluding hydrogens is 244 g/mol. The van der Waals surface area contributed by atoms with Gasteiger partial charge in [-0.15, -0.1) is 0 Å². The standard InChI is InChI=1S/C14H26N2O3/c1-4-14(5-2,12(17)18)15-13(19)16-9-6-7-11(3)8-10-16/h11H,4-10H2,1-3H3,(H,15,19)(H,17,18). The molecule has 1 aliphatic rings. The van der Waals surface area contributed by atoms with E-state index in [4.69, 9.17) is 0 Å². The van der Waals surface area contributed by atoms with Crippen molar-refractivity contribution >= 4 is 12.0 Å². The van der Waals surface area contributed by atoms with Crippen molar-refractivity contribution in [3.05, 3.63) is 0 Å². The summed E-state index contributed by atoms with van der Waals surface area (Å²) in [7, 11) is 0. The number of rotatable bonds is 4. The number of hydrogen-bond acceptors (Lipinski definition) is 2. The Balaban J connectivity index is 2.69. The number of carboxylic acids is 1. The highest BCUT2D eigenvalue weighted by Gasteiger charge is 2.37. The number of carbonyl (C=O) groups excluding carboxylic acids is 1. The molecule has 1 unspecified atom stereocenters. The van der Waals surface area contributed by atoms with Crippen molar-refractivity contribution in [2.24, 2.45) is 5.92 Å². The van der Waals surface area contributed by atoms with Crippen molar-refractivity contribution in [3.63, 3.8) is 0 Å². The van der Waals surface area contributed by atoms with Crippen LogP contribution < -0.4 is 5.32 Å². The molecule has 1 rings (SSSR count). The topological polar surface area (TPSA) is 69.6 Å². The van der Waals surface area contributed by atoms with Crippen molar-refractivity contribution in [1.82, 2.24) is 10.2 Å². The molecule has 1 fully saturated rings. The van der Waals surface area contributed by atoms with E-state index in [0.29, 0.717) is 18.8 Å². The summed E-state index contributed by atoms with van der Waals surface area (Å²) in [5.41, 5.74) is -1.13. The summed E-state index contributed by atoms with van der Waals surface area (Å²) in [6, 6.07) is -0.236. The number of carboxylic acid groups (broad SMARTS) is 1. The maximum atomic E-state index is 12.2. The number of hydrogen-bond donors (Lipinski definition) is 2. The van der Waals surface area contributed by atoms with E-state index in [-0.39, 0.29) is 6.03 Å². The second-order valence-corrected chi connectivity index (χ2v) is 5.55. The van der Waals surface area contributed by atoms with E-state index in [1.807, 2.05) is 0 Å². The molecule has 2 N–H and O–H groups in total. The van der Waals surface area contributed by atoms with Gasteiger partial charge in [-0.3, -0.25) is 0 Å². The van der Waals surface area contributed by atoms with Crippen LogP contribution in [0.15, 0.2) is 0 Å². The molecule has 2 amide bonds. The van der Waals surface area contributed by atoms with E-state index in [1.165, 1.54) is 0 Å². The van der Waals surface area contributed by atoms with E-state index >= 15 is 0 Å². The Labute approximate surface area is 115 Å². The lowest BCUT2D eigenvalue weighted by Gasteiger charge is -2.31. The Kier molecular flexibility index (Phi) is 5.63. The Bertz CT molecular complexity index is 327. The Morgan fingerprint density at radius 1 is 1.26 bits per heavy atom. The van der Waals surface area contributed by atoms with Gasteiger partial charge in [-0.2, -0.15) is 0 Å². The molecule has 5 heteroatoms. The minimum absolute atomic E-state index is 0.236. The molecule has 19 heavy (non-hydrogen) atoms. The van der Waals surface area contributed by atoms with Crippen molar-refractivity contribution in [2.75, 3.05) is 13.1 Å². The first kappa shape index (κ1) is 15.8. The van der Waals surface area contributed by atoms with Crippen LogP contribution >= 0.6 is 0 Å². The summed E-state index contributed by atoms with van der Waals surface area (Å²) in [4.78, 5) is 25.4. The molecule has 0 aliphatic carbocycles. The lowest BCUT2D eigenvalue weighted by atomic mass is 9.93. The van der Waals surface area contributed by atoms with Gasteiger partial charge in [0.1, 0.15) is 5.54 Å². The SMILES string of the molecule is CCC(CC)(NC(=O)N1CCCC(C)CC1)C(=O)O. The summed E-state index contributed by atoms with van der Waals surface area (Å²) in [5, 5.41) is 12.1. The number of likely N-dealkylation sites (tertiary alicyclic amines) is 1. The zero-order valence-electron chi connectivity index (χ0n) is 12.2. The van der Waals surface area contributed by atoms with Crippen LogP contribution in [0.3, 0.4) is 0 Å². The van der Waals surface area contributed by atoms with Gasteiger partial charge in [0.2, 0.25) is 0 Å². The van der Waals surface area contributed by atoms with E-state index in [2.05, 4.69) is 12.2 Å². The van der Waals surface area contributed by atoms with Gasteiger partial charge in [0.15, 0.2) is 0 Å². The highest BCUT2D eigenvalue weighted by Crippen LogP contribution is 2.19. The van der Waals surface area contributed by atoms with Crippen LogP contribution in [0.4, 0.5) is 4.79 Å². The predicted molar refractivity (Wildman–Crippen MR) is 74.1 cm³/mol. The zero-order chi connectivity index (χ0) is 14.5. The molecule has 0 spiro atoms. The normalized spacial score (nSPS) is 20.8. The number of nitrogens with zero attached hydrogens (tertiary/aromatic N) is 1. The highest BCUT2D eigenvalue weighted by molar-refractivity contribution is 5.86. The van der Waals surface area contributed by atoms with E-state index < -0.39 is 11.5 Å². The van der Waals surface area contributed by atoms with Crippen LogP contribution in [-0.4, -0.2) is 40.6 Å². The summed E-state index contributed by atoms with van der Waals surface area (Å²) in [6.07, 6.45) is 3.91. The number of urea groups is 1. The first-order chi connectivity index (χ1) is 8.95. The van der Waals surface area contributed by atoms with Crippen LogP contribution in [0, 0.1) is 5.92 Å².